The van der Waals surface area contributed by atoms with Gasteiger partial charge in [0, 0.05) is 11.5 Å². The average molecular weight is 423 g/mol. The van der Waals surface area contributed by atoms with Gasteiger partial charge in [-0.1, -0.05) is 73.7 Å². The Kier molecular flexibility index (Phi) is 6.61. The van der Waals surface area contributed by atoms with Gasteiger partial charge in [-0.25, -0.2) is 4.79 Å². The van der Waals surface area contributed by atoms with E-state index in [1.54, 1.807) is 13.0 Å². The first-order valence-corrected chi connectivity index (χ1v) is 10.9. The number of aromatic nitrogens is 2. The summed E-state index contributed by atoms with van der Waals surface area (Å²) in [7, 11) is 0. The molecule has 1 N–H and O–H groups in total. The maximum absolute atomic E-state index is 11.6. The number of fused-ring (bicyclic) bond motifs is 1. The number of allylic oxidation sites excluding steroid dienone is 1. The number of hydrogen-bond donors (Lipinski definition) is 1. The first-order valence-electron chi connectivity index (χ1n) is 10.9. The molecule has 32 heavy (non-hydrogen) atoms. The number of benzene rings is 3. The Hall–Kier alpha value is -3.92. The fourth-order valence-corrected chi connectivity index (χ4v) is 3.89. The predicted octanol–water partition coefficient (Wildman–Crippen LogP) is 6.51. The molecular formula is C28H26N2O2. The zero-order valence-electron chi connectivity index (χ0n) is 18.3. The minimum Gasteiger partial charge on any atom is -0.463 e. The molecule has 0 aliphatic carbocycles. The molecule has 0 aliphatic heterocycles. The van der Waals surface area contributed by atoms with Gasteiger partial charge in [0.2, 0.25) is 0 Å². The standard InChI is InChI=1S/C28H26N2O2/c1-3-25(21-8-6-5-7-9-21)28(23-15-16-24-19-29-30-26(24)18-23)22-13-10-20(11-14-22)12-17-27(31)32-4-2/h5-19H,3-4H2,1-2H3,(H,29,30). The van der Waals surface area contributed by atoms with Crippen LogP contribution in [0.4, 0.5) is 0 Å². The molecule has 0 amide bonds. The van der Waals surface area contributed by atoms with Gasteiger partial charge in [-0.2, -0.15) is 5.10 Å². The fraction of sp³-hybridized carbons (Fsp3) is 0.143. The van der Waals surface area contributed by atoms with E-state index in [1.165, 1.54) is 22.8 Å². The summed E-state index contributed by atoms with van der Waals surface area (Å²) in [6, 6.07) is 25.2. The van der Waals surface area contributed by atoms with E-state index in [0.717, 1.165) is 34.0 Å². The highest BCUT2D eigenvalue weighted by atomic mass is 16.5. The lowest BCUT2D eigenvalue weighted by molar-refractivity contribution is -0.137. The highest BCUT2D eigenvalue weighted by molar-refractivity contribution is 6.00. The average Bonchev–Trinajstić information content (AvgIpc) is 3.30. The topological polar surface area (TPSA) is 55.0 Å². The van der Waals surface area contributed by atoms with E-state index < -0.39 is 0 Å². The van der Waals surface area contributed by atoms with Gasteiger partial charge in [0.15, 0.2) is 0 Å². The van der Waals surface area contributed by atoms with Gasteiger partial charge in [0.25, 0.3) is 0 Å². The van der Waals surface area contributed by atoms with Crippen LogP contribution in [0.15, 0.2) is 85.1 Å². The second-order valence-corrected chi connectivity index (χ2v) is 7.45. The second-order valence-electron chi connectivity index (χ2n) is 7.45. The summed E-state index contributed by atoms with van der Waals surface area (Å²) in [6.45, 7) is 4.36. The van der Waals surface area contributed by atoms with E-state index in [4.69, 9.17) is 4.74 Å². The number of ether oxygens (including phenoxy) is 1. The molecule has 4 rings (SSSR count). The third kappa shape index (κ3) is 4.70. The van der Waals surface area contributed by atoms with Crippen molar-refractivity contribution in [2.75, 3.05) is 6.61 Å². The number of H-pyrrole nitrogens is 1. The van der Waals surface area contributed by atoms with Crippen molar-refractivity contribution in [2.45, 2.75) is 20.3 Å². The van der Waals surface area contributed by atoms with Crippen LogP contribution >= 0.6 is 0 Å². The summed E-state index contributed by atoms with van der Waals surface area (Å²) in [5.74, 6) is -0.331. The number of nitrogens with one attached hydrogen (secondary N) is 1. The van der Waals surface area contributed by atoms with Crippen LogP contribution in [0.1, 0.15) is 42.5 Å². The third-order valence-corrected chi connectivity index (χ3v) is 5.41. The van der Waals surface area contributed by atoms with Crippen molar-refractivity contribution >= 4 is 34.1 Å². The molecule has 1 aromatic heterocycles. The highest BCUT2D eigenvalue weighted by Gasteiger charge is 2.14. The molecule has 0 bridgehead atoms. The molecule has 0 fully saturated rings. The minimum absolute atomic E-state index is 0.331. The normalized spacial score (nSPS) is 12.2. The van der Waals surface area contributed by atoms with Crippen molar-refractivity contribution < 1.29 is 9.53 Å². The minimum atomic E-state index is -0.331. The number of hydrogen-bond acceptors (Lipinski definition) is 3. The van der Waals surface area contributed by atoms with Gasteiger partial charge in [0.05, 0.1) is 18.3 Å². The van der Waals surface area contributed by atoms with E-state index in [9.17, 15) is 4.79 Å². The summed E-state index contributed by atoms with van der Waals surface area (Å²) in [6.07, 6.45) is 5.97. The summed E-state index contributed by atoms with van der Waals surface area (Å²) in [5, 5.41) is 8.34. The summed E-state index contributed by atoms with van der Waals surface area (Å²) in [5.41, 5.74) is 7.90. The summed E-state index contributed by atoms with van der Waals surface area (Å²) < 4.78 is 4.97. The first-order chi connectivity index (χ1) is 15.7. The molecule has 0 atom stereocenters. The fourth-order valence-electron chi connectivity index (χ4n) is 3.89. The Morgan fingerprint density at radius 3 is 2.41 bits per heavy atom. The van der Waals surface area contributed by atoms with Crippen LogP contribution in [0.5, 0.6) is 0 Å². The van der Waals surface area contributed by atoms with E-state index in [-0.39, 0.29) is 5.97 Å². The van der Waals surface area contributed by atoms with Crippen LogP contribution in [-0.2, 0) is 9.53 Å². The van der Waals surface area contributed by atoms with Crippen molar-refractivity contribution in [3.8, 4) is 0 Å². The van der Waals surface area contributed by atoms with Crippen molar-refractivity contribution in [1.29, 1.82) is 0 Å². The quantitative estimate of drug-likeness (QED) is 0.210. The SMILES string of the molecule is CCOC(=O)C=Cc1ccc(C(=C(CC)c2ccccc2)c2ccc3cn[nH]c3c2)cc1. The van der Waals surface area contributed by atoms with Crippen LogP contribution in [0.25, 0.3) is 28.1 Å². The van der Waals surface area contributed by atoms with Gasteiger partial charge in [-0.3, -0.25) is 5.10 Å². The Morgan fingerprint density at radius 2 is 1.69 bits per heavy atom. The van der Waals surface area contributed by atoms with Crippen LogP contribution in [0.3, 0.4) is 0 Å². The maximum atomic E-state index is 11.6. The Bertz CT molecular complexity index is 1270. The Balaban J connectivity index is 1.81. The lowest BCUT2D eigenvalue weighted by Crippen LogP contribution is -1.98. The number of rotatable bonds is 7. The molecule has 4 heteroatoms. The Morgan fingerprint density at radius 1 is 0.938 bits per heavy atom. The van der Waals surface area contributed by atoms with Crippen molar-refractivity contribution in [3.63, 3.8) is 0 Å². The molecule has 0 aliphatic rings. The summed E-state index contributed by atoms with van der Waals surface area (Å²) >= 11 is 0. The van der Waals surface area contributed by atoms with E-state index >= 15 is 0 Å². The second kappa shape index (κ2) is 9.92. The molecule has 0 spiro atoms. The molecule has 4 nitrogen and oxygen atoms in total. The van der Waals surface area contributed by atoms with Gasteiger partial charge in [-0.05, 0) is 58.9 Å². The van der Waals surface area contributed by atoms with Gasteiger partial charge < -0.3 is 4.74 Å². The van der Waals surface area contributed by atoms with Crippen molar-refractivity contribution in [1.82, 2.24) is 10.2 Å². The Labute approximate surface area is 188 Å². The number of carbonyl (C=O) groups excluding carboxylic acids is 1. The molecular weight excluding hydrogens is 396 g/mol. The van der Waals surface area contributed by atoms with E-state index in [2.05, 4.69) is 71.7 Å². The molecule has 0 saturated carbocycles. The van der Waals surface area contributed by atoms with Crippen LogP contribution in [0, 0.1) is 0 Å². The number of esters is 1. The summed E-state index contributed by atoms with van der Waals surface area (Å²) in [4.78, 5) is 11.6. The highest BCUT2D eigenvalue weighted by Crippen LogP contribution is 2.35. The van der Waals surface area contributed by atoms with Crippen LogP contribution in [-0.4, -0.2) is 22.8 Å². The van der Waals surface area contributed by atoms with Crippen molar-refractivity contribution in [2.24, 2.45) is 0 Å². The zero-order valence-corrected chi connectivity index (χ0v) is 18.3. The molecule has 4 aromatic rings. The largest absolute Gasteiger partial charge is 0.463 e. The number of nitrogens with zero attached hydrogens (tertiary/aromatic N) is 1. The van der Waals surface area contributed by atoms with Gasteiger partial charge in [0.1, 0.15) is 0 Å². The molecule has 1 heterocycles. The monoisotopic (exact) mass is 422 g/mol. The number of aromatic amines is 1. The predicted molar refractivity (Wildman–Crippen MR) is 131 cm³/mol. The first kappa shape index (κ1) is 21.3. The molecule has 0 unspecified atom stereocenters. The van der Waals surface area contributed by atoms with Crippen LogP contribution in [0.2, 0.25) is 0 Å². The van der Waals surface area contributed by atoms with Crippen LogP contribution < -0.4 is 0 Å². The lowest BCUT2D eigenvalue weighted by Gasteiger charge is -2.16. The molecule has 3 aromatic carbocycles. The van der Waals surface area contributed by atoms with E-state index in [0.29, 0.717) is 6.61 Å². The number of carbonyl (C=O) groups is 1. The van der Waals surface area contributed by atoms with Gasteiger partial charge in [-0.15, -0.1) is 0 Å². The van der Waals surface area contributed by atoms with Gasteiger partial charge >= 0.3 is 5.97 Å². The molecule has 0 radical (unpaired) electrons. The smallest absolute Gasteiger partial charge is 0.330 e. The molecule has 0 saturated heterocycles. The maximum Gasteiger partial charge on any atom is 0.330 e. The van der Waals surface area contributed by atoms with E-state index in [1.807, 2.05) is 24.4 Å². The third-order valence-electron chi connectivity index (χ3n) is 5.41. The van der Waals surface area contributed by atoms with Crippen molar-refractivity contribution in [3.05, 3.63) is 107 Å². The zero-order chi connectivity index (χ0) is 22.3. The lowest BCUT2D eigenvalue weighted by atomic mass is 9.87. The molecule has 160 valence electrons.